The van der Waals surface area contributed by atoms with E-state index in [9.17, 15) is 19.5 Å². The summed E-state index contributed by atoms with van der Waals surface area (Å²) in [5, 5.41) is 10.7. The Morgan fingerprint density at radius 3 is 2.40 bits per heavy atom. The van der Waals surface area contributed by atoms with Crippen molar-refractivity contribution in [2.75, 3.05) is 37.7 Å². The predicted molar refractivity (Wildman–Crippen MR) is 188 cm³/mol. The number of benzene rings is 2. The smallest absolute Gasteiger partial charge is 0.247 e. The minimum Gasteiger partial charge on any atom is -0.494 e. The van der Waals surface area contributed by atoms with E-state index in [1.807, 2.05) is 66.4 Å². The van der Waals surface area contributed by atoms with Crippen molar-refractivity contribution in [2.24, 2.45) is 17.8 Å². The number of likely N-dealkylation sites (tertiary alicyclic amines) is 1. The van der Waals surface area contributed by atoms with Crippen molar-refractivity contribution < 1.29 is 24.2 Å². The molecule has 3 fully saturated rings. The van der Waals surface area contributed by atoms with Gasteiger partial charge in [0, 0.05) is 30.6 Å². The number of carbonyl (C=O) groups is 3. The van der Waals surface area contributed by atoms with E-state index in [1.165, 1.54) is 0 Å². The van der Waals surface area contributed by atoms with Crippen LogP contribution in [-0.4, -0.2) is 87.6 Å². The van der Waals surface area contributed by atoms with Crippen molar-refractivity contribution in [1.29, 1.82) is 0 Å². The number of carbonyl (C=O) groups excluding carboxylic acids is 3. The first-order chi connectivity index (χ1) is 22.8. The van der Waals surface area contributed by atoms with Gasteiger partial charge in [0.15, 0.2) is 0 Å². The van der Waals surface area contributed by atoms with Gasteiger partial charge in [0.05, 0.1) is 35.8 Å². The van der Waals surface area contributed by atoms with Crippen molar-refractivity contribution in [3.05, 3.63) is 85.5 Å². The molecule has 8 nitrogen and oxygen atoms in total. The van der Waals surface area contributed by atoms with Gasteiger partial charge in [0.2, 0.25) is 17.7 Å². The molecule has 3 unspecified atom stereocenters. The summed E-state index contributed by atoms with van der Waals surface area (Å²) in [4.78, 5) is 49.7. The van der Waals surface area contributed by atoms with Crippen LogP contribution in [0.4, 0.5) is 5.69 Å². The van der Waals surface area contributed by atoms with Crippen LogP contribution < -0.4 is 9.64 Å². The molecule has 0 saturated carbocycles. The fourth-order valence-electron chi connectivity index (χ4n) is 8.04. The number of unbranched alkanes of at least 4 members (excludes halogenated alkanes) is 1. The number of hydrogen-bond donors (Lipinski definition) is 1. The number of thioether (sulfide) groups is 1. The highest BCUT2D eigenvalue weighted by Crippen LogP contribution is 2.69. The van der Waals surface area contributed by atoms with Crippen molar-refractivity contribution in [1.82, 2.24) is 9.80 Å². The average molecular weight is 660 g/mol. The molecule has 1 spiro atoms. The summed E-state index contributed by atoms with van der Waals surface area (Å²) in [7, 11) is 0. The van der Waals surface area contributed by atoms with Crippen LogP contribution in [0.2, 0.25) is 0 Å². The Balaban J connectivity index is 1.58. The third kappa shape index (κ3) is 6.36. The van der Waals surface area contributed by atoms with Crippen LogP contribution in [0.25, 0.3) is 0 Å². The molecule has 0 aromatic heterocycles. The summed E-state index contributed by atoms with van der Waals surface area (Å²) < 4.78 is 4.83. The number of hydrogen-bond acceptors (Lipinski definition) is 6. The normalized spacial score (nSPS) is 26.5. The first-order valence-corrected chi connectivity index (χ1v) is 17.8. The second-order valence-electron chi connectivity index (χ2n) is 12.9. The van der Waals surface area contributed by atoms with Crippen LogP contribution in [0.3, 0.4) is 0 Å². The molecule has 3 amide bonds. The summed E-state index contributed by atoms with van der Waals surface area (Å²) in [6.45, 7) is 15.4. The highest BCUT2D eigenvalue weighted by molar-refractivity contribution is 8.02. The largest absolute Gasteiger partial charge is 0.494 e. The number of anilines is 1. The van der Waals surface area contributed by atoms with Crippen LogP contribution in [0.15, 0.2) is 79.9 Å². The lowest BCUT2D eigenvalue weighted by molar-refractivity contribution is -0.145. The van der Waals surface area contributed by atoms with Gasteiger partial charge < -0.3 is 24.5 Å². The SMILES string of the molecule is C=CCN(CCCC)C(=O)C1N([C@@H](CO)Cc2ccccc2)C(=O)[C@@H]2[C@H](C(=O)N(CC=C)c3ccc(OCC)cc3)[C@@H]3CC(C)C12S3. The van der Waals surface area contributed by atoms with E-state index in [1.54, 1.807) is 33.7 Å². The van der Waals surface area contributed by atoms with Crippen LogP contribution in [0.1, 0.15) is 45.6 Å². The zero-order valence-electron chi connectivity index (χ0n) is 27.9. The second kappa shape index (κ2) is 15.1. The number of amides is 3. The molecule has 3 heterocycles. The Bertz CT molecular complexity index is 1430. The van der Waals surface area contributed by atoms with Crippen LogP contribution in [0.5, 0.6) is 5.75 Å². The number of rotatable bonds is 16. The number of fused-ring (bicyclic) bond motifs is 1. The minimum absolute atomic E-state index is 0.0144. The molecular weight excluding hydrogens is 611 g/mol. The third-order valence-corrected chi connectivity index (χ3v) is 12.2. The van der Waals surface area contributed by atoms with E-state index in [0.29, 0.717) is 37.6 Å². The first-order valence-electron chi connectivity index (χ1n) is 17.0. The van der Waals surface area contributed by atoms with E-state index >= 15 is 0 Å². The number of nitrogens with zero attached hydrogens (tertiary/aromatic N) is 3. The zero-order chi connectivity index (χ0) is 33.7. The molecular formula is C38H49N3O5S. The Labute approximate surface area is 283 Å². The number of aliphatic hydroxyl groups excluding tert-OH is 1. The van der Waals surface area contributed by atoms with Gasteiger partial charge in [-0.2, -0.15) is 0 Å². The molecule has 5 rings (SSSR count). The lowest BCUT2D eigenvalue weighted by Crippen LogP contribution is -2.59. The molecule has 1 N–H and O–H groups in total. The molecule has 3 saturated heterocycles. The van der Waals surface area contributed by atoms with Crippen LogP contribution in [-0.2, 0) is 20.8 Å². The Kier molecular flexibility index (Phi) is 11.2. The van der Waals surface area contributed by atoms with Crippen molar-refractivity contribution in [3.63, 3.8) is 0 Å². The summed E-state index contributed by atoms with van der Waals surface area (Å²) in [6.07, 6.45) is 6.31. The second-order valence-corrected chi connectivity index (χ2v) is 14.5. The molecule has 0 aliphatic carbocycles. The maximum atomic E-state index is 15.0. The maximum Gasteiger partial charge on any atom is 0.247 e. The summed E-state index contributed by atoms with van der Waals surface area (Å²) >= 11 is 1.66. The lowest BCUT2D eigenvalue weighted by atomic mass is 9.65. The monoisotopic (exact) mass is 659 g/mol. The Morgan fingerprint density at radius 1 is 1.09 bits per heavy atom. The van der Waals surface area contributed by atoms with Gasteiger partial charge >= 0.3 is 0 Å². The molecule has 3 aliphatic rings. The standard InChI is InChI=1S/C38H49N3O5S/c1-6-10-22-39(20-7-2)37(45)34-38-26(5)23-31(47-38)32(35(43)40(21-8-3)28-16-18-30(19-17-28)46-9-4)33(38)36(44)41(34)29(25-42)24-27-14-12-11-13-15-27/h7-8,11-19,26,29,31-34,42H,2-3,6,9-10,20-25H2,1,4-5H3/t26?,29-,31+,32-,33+,34?,38?/m1/s1. The Morgan fingerprint density at radius 2 is 1.79 bits per heavy atom. The highest BCUT2D eigenvalue weighted by Gasteiger charge is 2.77. The van der Waals surface area contributed by atoms with Gasteiger partial charge in [0.1, 0.15) is 11.8 Å². The molecule has 9 heteroatoms. The molecule has 0 radical (unpaired) electrons. The van der Waals surface area contributed by atoms with Gasteiger partial charge in [-0.05, 0) is 61.9 Å². The fourth-order valence-corrected chi connectivity index (χ4v) is 10.4. The fraction of sp³-hybridized carbons (Fsp3) is 0.500. The summed E-state index contributed by atoms with van der Waals surface area (Å²) in [5.74, 6) is -1.05. The van der Waals surface area contributed by atoms with Gasteiger partial charge in [-0.15, -0.1) is 24.9 Å². The lowest BCUT2D eigenvalue weighted by Gasteiger charge is -2.42. The minimum atomic E-state index is -0.807. The predicted octanol–water partition coefficient (Wildman–Crippen LogP) is 5.36. The van der Waals surface area contributed by atoms with Crippen LogP contribution >= 0.6 is 11.8 Å². The van der Waals surface area contributed by atoms with Gasteiger partial charge in [-0.1, -0.05) is 62.8 Å². The molecule has 2 aromatic rings. The van der Waals surface area contributed by atoms with E-state index < -0.39 is 28.7 Å². The quantitative estimate of drug-likeness (QED) is 0.244. The van der Waals surface area contributed by atoms with E-state index in [0.717, 1.165) is 24.8 Å². The third-order valence-electron chi connectivity index (χ3n) is 10.1. The zero-order valence-corrected chi connectivity index (χ0v) is 28.7. The highest BCUT2D eigenvalue weighted by atomic mass is 32.2. The first kappa shape index (κ1) is 34.8. The average Bonchev–Trinajstić information content (AvgIpc) is 3.68. The summed E-state index contributed by atoms with van der Waals surface area (Å²) in [5.41, 5.74) is 1.68. The molecule has 2 aromatic carbocycles. The van der Waals surface area contributed by atoms with Gasteiger partial charge in [0.25, 0.3) is 0 Å². The molecule has 7 atom stereocenters. The van der Waals surface area contributed by atoms with Gasteiger partial charge in [-0.3, -0.25) is 14.4 Å². The topological polar surface area (TPSA) is 90.4 Å². The number of ether oxygens (including phenoxy) is 1. The Hall–Kier alpha value is -3.56. The molecule has 3 aliphatic heterocycles. The molecule has 252 valence electrons. The maximum absolute atomic E-state index is 15.0. The van der Waals surface area contributed by atoms with E-state index in [2.05, 4.69) is 27.0 Å². The summed E-state index contributed by atoms with van der Waals surface area (Å²) in [6, 6.07) is 15.8. The van der Waals surface area contributed by atoms with E-state index in [-0.39, 0.29) is 42.0 Å². The van der Waals surface area contributed by atoms with E-state index in [4.69, 9.17) is 4.74 Å². The van der Waals surface area contributed by atoms with Gasteiger partial charge in [-0.25, -0.2) is 0 Å². The number of aliphatic hydroxyl groups is 1. The molecule has 47 heavy (non-hydrogen) atoms. The van der Waals surface area contributed by atoms with Crippen molar-refractivity contribution in [3.8, 4) is 5.75 Å². The van der Waals surface area contributed by atoms with Crippen molar-refractivity contribution >= 4 is 35.2 Å². The molecule has 2 bridgehead atoms. The van der Waals surface area contributed by atoms with Crippen molar-refractivity contribution in [2.45, 2.75) is 68.5 Å². The van der Waals surface area contributed by atoms with Crippen LogP contribution in [0, 0.1) is 17.8 Å².